The van der Waals surface area contributed by atoms with Crippen LogP contribution in [0.2, 0.25) is 0 Å². The van der Waals surface area contributed by atoms with E-state index in [-0.39, 0.29) is 11.4 Å². The molecule has 0 radical (unpaired) electrons. The zero-order chi connectivity index (χ0) is 17.3. The van der Waals surface area contributed by atoms with Crippen LogP contribution < -0.4 is 5.32 Å². The third-order valence-corrected chi connectivity index (χ3v) is 4.84. The molecule has 1 unspecified atom stereocenters. The van der Waals surface area contributed by atoms with Gasteiger partial charge in [-0.05, 0) is 17.7 Å². The van der Waals surface area contributed by atoms with E-state index in [0.29, 0.717) is 17.0 Å². The number of aliphatic hydroxyl groups is 1. The molecule has 2 aromatic heterocycles. The van der Waals surface area contributed by atoms with Crippen LogP contribution in [0.25, 0.3) is 11.0 Å². The van der Waals surface area contributed by atoms with Crippen LogP contribution in [0.15, 0.2) is 41.7 Å². The highest BCUT2D eigenvalue weighted by atomic mass is 32.2. The van der Waals surface area contributed by atoms with E-state index in [1.54, 1.807) is 30.1 Å². The van der Waals surface area contributed by atoms with Crippen LogP contribution >= 0.6 is 0 Å². The van der Waals surface area contributed by atoms with Crippen LogP contribution in [-0.4, -0.2) is 46.6 Å². The van der Waals surface area contributed by atoms with Gasteiger partial charge in [0.15, 0.2) is 15.5 Å². The number of benzene rings is 1. The molecule has 9 heteroatoms. The van der Waals surface area contributed by atoms with Crippen LogP contribution in [0.4, 0.5) is 5.82 Å². The van der Waals surface area contributed by atoms with E-state index in [2.05, 4.69) is 20.4 Å². The molecule has 0 amide bonds. The summed E-state index contributed by atoms with van der Waals surface area (Å²) < 4.78 is 24.6. The molecule has 0 fully saturated rings. The Morgan fingerprint density at radius 1 is 1.25 bits per heavy atom. The lowest BCUT2D eigenvalue weighted by Crippen LogP contribution is -2.11. The van der Waals surface area contributed by atoms with Crippen LogP contribution in [0.1, 0.15) is 11.7 Å². The second-order valence-corrected chi connectivity index (χ2v) is 7.41. The predicted molar refractivity (Wildman–Crippen MR) is 89.4 cm³/mol. The van der Waals surface area contributed by atoms with Crippen LogP contribution in [-0.2, 0) is 16.4 Å². The molecular formula is C15H17N5O3S. The first-order valence-electron chi connectivity index (χ1n) is 7.22. The number of hydrogen-bond acceptors (Lipinski definition) is 7. The standard InChI is InChI=1S/C15H17N5O3S/c1-16-14-12-7-19-20(15(12)18-9-17-14)8-13(21)10-3-5-11(6-4-10)24(2,22)23/h3-7,9,13,21H,8H2,1-2H3,(H,16,17,18). The number of aromatic nitrogens is 4. The van der Waals surface area contributed by atoms with Gasteiger partial charge in [-0.25, -0.2) is 23.1 Å². The quantitative estimate of drug-likeness (QED) is 0.708. The predicted octanol–water partition coefficient (Wildman–Crippen LogP) is 1.01. The first-order chi connectivity index (χ1) is 11.4. The summed E-state index contributed by atoms with van der Waals surface area (Å²) in [5.74, 6) is 0.665. The van der Waals surface area contributed by atoms with Gasteiger partial charge in [0.1, 0.15) is 12.1 Å². The van der Waals surface area contributed by atoms with Crippen molar-refractivity contribution >= 4 is 26.7 Å². The minimum absolute atomic E-state index is 0.196. The fraction of sp³-hybridized carbons (Fsp3) is 0.267. The Labute approximate surface area is 139 Å². The van der Waals surface area contributed by atoms with Crippen LogP contribution in [0.5, 0.6) is 0 Å². The van der Waals surface area contributed by atoms with Crippen molar-refractivity contribution in [1.29, 1.82) is 0 Å². The van der Waals surface area contributed by atoms with Crippen LogP contribution in [0.3, 0.4) is 0 Å². The van der Waals surface area contributed by atoms with Crippen molar-refractivity contribution in [2.24, 2.45) is 0 Å². The molecule has 1 aromatic carbocycles. The van der Waals surface area contributed by atoms with Crippen molar-refractivity contribution in [3.05, 3.63) is 42.4 Å². The van der Waals surface area contributed by atoms with Gasteiger partial charge in [0, 0.05) is 13.3 Å². The maximum Gasteiger partial charge on any atom is 0.175 e. The van der Waals surface area contributed by atoms with Crippen molar-refractivity contribution < 1.29 is 13.5 Å². The topological polar surface area (TPSA) is 110 Å². The highest BCUT2D eigenvalue weighted by molar-refractivity contribution is 7.90. The normalized spacial score (nSPS) is 13.1. The smallest absolute Gasteiger partial charge is 0.175 e. The van der Waals surface area contributed by atoms with Gasteiger partial charge >= 0.3 is 0 Å². The molecule has 1 atom stereocenters. The Bertz CT molecular complexity index is 966. The van der Waals surface area contributed by atoms with E-state index in [1.807, 2.05) is 0 Å². The molecule has 2 N–H and O–H groups in total. The van der Waals surface area contributed by atoms with Gasteiger partial charge in [-0.15, -0.1) is 0 Å². The molecule has 2 heterocycles. The fourth-order valence-electron chi connectivity index (χ4n) is 2.43. The number of anilines is 1. The van der Waals surface area contributed by atoms with Gasteiger partial charge in [0.2, 0.25) is 0 Å². The fourth-order valence-corrected chi connectivity index (χ4v) is 3.06. The minimum Gasteiger partial charge on any atom is -0.386 e. The lowest BCUT2D eigenvalue weighted by Gasteiger charge is -2.12. The summed E-state index contributed by atoms with van der Waals surface area (Å²) in [5.41, 5.74) is 1.22. The van der Waals surface area contributed by atoms with Crippen LogP contribution in [0, 0.1) is 0 Å². The highest BCUT2D eigenvalue weighted by Gasteiger charge is 2.15. The summed E-state index contributed by atoms with van der Waals surface area (Å²) >= 11 is 0. The number of nitrogens with zero attached hydrogens (tertiary/aromatic N) is 4. The zero-order valence-corrected chi connectivity index (χ0v) is 14.0. The van der Waals surface area contributed by atoms with Gasteiger partial charge in [-0.3, -0.25) is 0 Å². The second-order valence-electron chi connectivity index (χ2n) is 5.39. The SMILES string of the molecule is CNc1ncnc2c1cnn2CC(O)c1ccc(S(C)(=O)=O)cc1. The summed E-state index contributed by atoms with van der Waals surface area (Å²) in [6.45, 7) is 0.196. The number of fused-ring (bicyclic) bond motifs is 1. The van der Waals surface area contributed by atoms with Gasteiger partial charge in [0.25, 0.3) is 0 Å². The Kier molecular flexibility index (Phi) is 4.20. The third kappa shape index (κ3) is 3.08. The lowest BCUT2D eigenvalue weighted by atomic mass is 10.1. The van der Waals surface area contributed by atoms with E-state index in [9.17, 15) is 13.5 Å². The van der Waals surface area contributed by atoms with Crippen molar-refractivity contribution in [3.63, 3.8) is 0 Å². The average Bonchev–Trinajstić information content (AvgIpc) is 2.97. The Morgan fingerprint density at radius 2 is 1.96 bits per heavy atom. The molecule has 0 saturated carbocycles. The van der Waals surface area contributed by atoms with E-state index in [4.69, 9.17) is 0 Å². The van der Waals surface area contributed by atoms with Crippen molar-refractivity contribution in [2.75, 3.05) is 18.6 Å². The lowest BCUT2D eigenvalue weighted by molar-refractivity contribution is 0.153. The largest absolute Gasteiger partial charge is 0.386 e. The number of aliphatic hydroxyl groups excluding tert-OH is 1. The van der Waals surface area contributed by atoms with Gasteiger partial charge < -0.3 is 10.4 Å². The van der Waals surface area contributed by atoms with Crippen molar-refractivity contribution in [1.82, 2.24) is 19.7 Å². The Hall–Kier alpha value is -2.52. The minimum atomic E-state index is -3.25. The van der Waals surface area contributed by atoms with Gasteiger partial charge in [0.05, 0.1) is 29.1 Å². The molecule has 0 bridgehead atoms. The maximum atomic E-state index is 11.5. The summed E-state index contributed by atoms with van der Waals surface area (Å²) in [6, 6.07) is 6.16. The summed E-state index contributed by atoms with van der Waals surface area (Å²) in [4.78, 5) is 8.53. The number of hydrogen-bond donors (Lipinski definition) is 2. The summed E-state index contributed by atoms with van der Waals surface area (Å²) in [6.07, 6.45) is 3.38. The zero-order valence-electron chi connectivity index (χ0n) is 13.2. The molecule has 0 saturated heterocycles. The van der Waals surface area contributed by atoms with E-state index in [1.165, 1.54) is 18.5 Å². The summed E-state index contributed by atoms with van der Waals surface area (Å²) in [5, 5.41) is 18.4. The molecule has 3 aromatic rings. The van der Waals surface area contributed by atoms with E-state index >= 15 is 0 Å². The first kappa shape index (κ1) is 16.3. The molecule has 0 spiro atoms. The van der Waals surface area contributed by atoms with E-state index < -0.39 is 15.9 Å². The molecule has 8 nitrogen and oxygen atoms in total. The van der Waals surface area contributed by atoms with Gasteiger partial charge in [-0.2, -0.15) is 5.10 Å². The van der Waals surface area contributed by atoms with Gasteiger partial charge in [-0.1, -0.05) is 12.1 Å². The Morgan fingerprint density at radius 3 is 2.58 bits per heavy atom. The number of nitrogens with one attached hydrogen (secondary N) is 1. The number of sulfone groups is 1. The van der Waals surface area contributed by atoms with Crippen molar-refractivity contribution in [3.8, 4) is 0 Å². The molecule has 0 aliphatic carbocycles. The molecule has 0 aliphatic rings. The maximum absolute atomic E-state index is 11.5. The molecule has 24 heavy (non-hydrogen) atoms. The first-order valence-corrected chi connectivity index (χ1v) is 9.11. The summed E-state index contributed by atoms with van der Waals surface area (Å²) in [7, 11) is -1.49. The second kappa shape index (κ2) is 6.17. The molecule has 126 valence electrons. The molecule has 3 rings (SSSR count). The highest BCUT2D eigenvalue weighted by Crippen LogP contribution is 2.22. The van der Waals surface area contributed by atoms with E-state index in [0.717, 1.165) is 11.6 Å². The third-order valence-electron chi connectivity index (χ3n) is 3.71. The number of rotatable bonds is 5. The molecule has 0 aliphatic heterocycles. The average molecular weight is 347 g/mol. The van der Waals surface area contributed by atoms with Crippen molar-refractivity contribution in [2.45, 2.75) is 17.5 Å². The molecular weight excluding hydrogens is 330 g/mol. The Balaban J connectivity index is 1.86. The monoisotopic (exact) mass is 347 g/mol.